The summed E-state index contributed by atoms with van der Waals surface area (Å²) in [5, 5.41) is 0.947. The van der Waals surface area contributed by atoms with E-state index < -0.39 is 5.60 Å². The van der Waals surface area contributed by atoms with Crippen molar-refractivity contribution in [1.82, 2.24) is 19.8 Å². The molecule has 1 fully saturated rings. The van der Waals surface area contributed by atoms with Crippen molar-refractivity contribution in [3.05, 3.63) is 54.1 Å². The Balaban J connectivity index is 1.28. The van der Waals surface area contributed by atoms with E-state index in [-0.39, 0.29) is 11.9 Å². The van der Waals surface area contributed by atoms with E-state index in [9.17, 15) is 9.18 Å². The minimum absolute atomic E-state index is 0.222. The van der Waals surface area contributed by atoms with Gasteiger partial charge in [-0.05, 0) is 81.5 Å². The number of pyridine rings is 1. The third kappa shape index (κ3) is 5.49. The van der Waals surface area contributed by atoms with Crippen LogP contribution >= 0.6 is 0 Å². The minimum atomic E-state index is -0.471. The largest absolute Gasteiger partial charge is 0.496 e. The number of piperazine rings is 1. The number of aromatic amines is 1. The molecular weight excluding hydrogens is 471 g/mol. The fourth-order valence-electron chi connectivity index (χ4n) is 5.32. The summed E-state index contributed by atoms with van der Waals surface area (Å²) in [6, 6.07) is 9.06. The van der Waals surface area contributed by atoms with Gasteiger partial charge in [0.25, 0.3) is 0 Å². The van der Waals surface area contributed by atoms with Crippen LogP contribution in [0.15, 0.2) is 42.6 Å². The number of fused-ring (bicyclic) bond motifs is 1. The molecule has 1 aromatic carbocycles. The Morgan fingerprint density at radius 1 is 1.11 bits per heavy atom. The molecule has 5 rings (SSSR count). The van der Waals surface area contributed by atoms with E-state index in [0.717, 1.165) is 54.6 Å². The van der Waals surface area contributed by atoms with Gasteiger partial charge in [-0.2, -0.15) is 0 Å². The van der Waals surface area contributed by atoms with Gasteiger partial charge in [0.1, 0.15) is 22.8 Å². The molecule has 0 radical (unpaired) electrons. The minimum Gasteiger partial charge on any atom is -0.496 e. The van der Waals surface area contributed by atoms with Crippen LogP contribution in [0.1, 0.15) is 45.7 Å². The summed E-state index contributed by atoms with van der Waals surface area (Å²) in [5.41, 5.74) is 4.24. The smallest absolute Gasteiger partial charge is 0.410 e. The first-order valence-electron chi connectivity index (χ1n) is 12.9. The highest BCUT2D eigenvalue weighted by molar-refractivity contribution is 5.96. The van der Waals surface area contributed by atoms with Gasteiger partial charge >= 0.3 is 6.09 Å². The maximum absolute atomic E-state index is 14.1. The van der Waals surface area contributed by atoms with E-state index in [0.29, 0.717) is 30.4 Å². The fourth-order valence-corrected chi connectivity index (χ4v) is 5.32. The van der Waals surface area contributed by atoms with Crippen molar-refractivity contribution >= 4 is 22.7 Å². The molecule has 7 nitrogen and oxygen atoms in total. The molecule has 1 atom stereocenters. The van der Waals surface area contributed by atoms with E-state index in [1.807, 2.05) is 31.7 Å². The van der Waals surface area contributed by atoms with Gasteiger partial charge in [0.15, 0.2) is 0 Å². The number of allylic oxidation sites excluding steroid dienone is 1. The highest BCUT2D eigenvalue weighted by Crippen LogP contribution is 2.37. The fraction of sp³-hybridized carbons (Fsp3) is 0.448. The van der Waals surface area contributed by atoms with Crippen LogP contribution in [-0.4, -0.2) is 70.8 Å². The average molecular weight is 507 g/mol. The number of benzene rings is 1. The third-order valence-corrected chi connectivity index (χ3v) is 7.20. The van der Waals surface area contributed by atoms with Crippen LogP contribution in [0.5, 0.6) is 5.75 Å². The molecule has 196 valence electrons. The van der Waals surface area contributed by atoms with E-state index in [2.05, 4.69) is 27.0 Å². The maximum Gasteiger partial charge on any atom is 0.410 e. The number of hydrogen-bond donors (Lipinski definition) is 1. The van der Waals surface area contributed by atoms with Crippen LogP contribution in [0.25, 0.3) is 27.7 Å². The molecule has 3 heterocycles. The van der Waals surface area contributed by atoms with Gasteiger partial charge in [-0.3, -0.25) is 4.90 Å². The Morgan fingerprint density at radius 3 is 2.57 bits per heavy atom. The number of nitrogens with one attached hydrogen (secondary N) is 1. The van der Waals surface area contributed by atoms with Crippen molar-refractivity contribution in [3.63, 3.8) is 0 Å². The predicted molar refractivity (Wildman–Crippen MR) is 143 cm³/mol. The molecule has 0 saturated carbocycles. The molecule has 1 aliphatic carbocycles. The number of carbonyl (C=O) groups is 1. The Labute approximate surface area is 217 Å². The summed E-state index contributed by atoms with van der Waals surface area (Å²) in [7, 11) is 1.60. The second kappa shape index (κ2) is 10.2. The van der Waals surface area contributed by atoms with Crippen molar-refractivity contribution < 1.29 is 18.7 Å². The first kappa shape index (κ1) is 25.3. The van der Waals surface area contributed by atoms with Crippen LogP contribution in [0.3, 0.4) is 0 Å². The van der Waals surface area contributed by atoms with Crippen LogP contribution in [0.2, 0.25) is 0 Å². The third-order valence-electron chi connectivity index (χ3n) is 7.20. The van der Waals surface area contributed by atoms with Gasteiger partial charge < -0.3 is 19.4 Å². The summed E-state index contributed by atoms with van der Waals surface area (Å²) < 4.78 is 25.1. The van der Waals surface area contributed by atoms with Crippen LogP contribution in [-0.2, 0) is 4.74 Å². The molecule has 2 aliphatic rings. The lowest BCUT2D eigenvalue weighted by molar-refractivity contribution is 0.00991. The lowest BCUT2D eigenvalue weighted by atomic mass is 9.91. The molecule has 1 N–H and O–H groups in total. The van der Waals surface area contributed by atoms with E-state index in [1.54, 1.807) is 19.4 Å². The maximum atomic E-state index is 14.1. The van der Waals surface area contributed by atoms with Gasteiger partial charge in [-0.15, -0.1) is 0 Å². The first-order chi connectivity index (χ1) is 17.7. The Bertz CT molecular complexity index is 1320. The number of ether oxygens (including phenoxy) is 2. The number of nitrogens with zero attached hydrogens (tertiary/aromatic N) is 3. The van der Waals surface area contributed by atoms with Gasteiger partial charge in [-0.25, -0.2) is 14.2 Å². The van der Waals surface area contributed by atoms with Crippen molar-refractivity contribution in [3.8, 4) is 16.9 Å². The lowest BCUT2D eigenvalue weighted by Crippen LogP contribution is -2.53. The molecule has 1 saturated heterocycles. The molecule has 1 amide bonds. The van der Waals surface area contributed by atoms with E-state index >= 15 is 0 Å². The van der Waals surface area contributed by atoms with Crippen LogP contribution in [0.4, 0.5) is 9.18 Å². The number of halogens is 1. The van der Waals surface area contributed by atoms with Gasteiger partial charge in [0, 0.05) is 55.1 Å². The Morgan fingerprint density at radius 2 is 1.89 bits per heavy atom. The highest BCUT2D eigenvalue weighted by Gasteiger charge is 2.30. The number of hydrogen-bond acceptors (Lipinski definition) is 5. The van der Waals surface area contributed by atoms with Gasteiger partial charge in [0.05, 0.1) is 7.11 Å². The number of aromatic nitrogens is 2. The molecule has 0 spiro atoms. The zero-order valence-electron chi connectivity index (χ0n) is 22.0. The molecule has 8 heteroatoms. The second-order valence-corrected chi connectivity index (χ2v) is 10.8. The van der Waals surface area contributed by atoms with Gasteiger partial charge in [0.2, 0.25) is 0 Å². The van der Waals surface area contributed by atoms with Crippen molar-refractivity contribution in [2.24, 2.45) is 0 Å². The summed E-state index contributed by atoms with van der Waals surface area (Å²) in [6.45, 7) is 8.81. The summed E-state index contributed by atoms with van der Waals surface area (Å²) in [4.78, 5) is 24.7. The Hall–Kier alpha value is -3.39. The quantitative estimate of drug-likeness (QED) is 0.480. The van der Waals surface area contributed by atoms with Crippen LogP contribution in [0, 0.1) is 5.82 Å². The van der Waals surface area contributed by atoms with E-state index in [4.69, 9.17) is 9.47 Å². The molecule has 1 unspecified atom stereocenters. The number of carbonyl (C=O) groups excluding carboxylic acids is 1. The number of H-pyrrole nitrogens is 1. The SMILES string of the molecule is COc1ccc(F)cc1-c1ccnc2[nH]c(C3=CCC(N4CCN(C(=O)OC(C)(C)C)CC4)CC3)cc12. The second-order valence-electron chi connectivity index (χ2n) is 10.8. The molecule has 37 heavy (non-hydrogen) atoms. The van der Waals surface area contributed by atoms with Crippen molar-refractivity contribution in [1.29, 1.82) is 0 Å². The molecular formula is C29H35FN4O3. The molecule has 2 aromatic heterocycles. The molecule has 1 aliphatic heterocycles. The zero-order chi connectivity index (χ0) is 26.2. The number of rotatable bonds is 4. The summed E-state index contributed by atoms with van der Waals surface area (Å²) in [6.07, 6.45) is 6.83. The summed E-state index contributed by atoms with van der Waals surface area (Å²) >= 11 is 0. The predicted octanol–water partition coefficient (Wildman–Crippen LogP) is 5.87. The standard InChI is InChI=1S/C29H35FN4O3/c1-29(2,3)37-28(35)34-15-13-33(14-16-34)21-8-5-19(6-9-21)25-18-24-22(11-12-31-27(24)32-25)23-17-20(30)7-10-26(23)36-4/h5,7,10-12,17-18,21H,6,8-9,13-16H2,1-4H3,(H,31,32). The molecule has 0 bridgehead atoms. The lowest BCUT2D eigenvalue weighted by Gasteiger charge is -2.40. The highest BCUT2D eigenvalue weighted by atomic mass is 19.1. The normalized spacial score (nSPS) is 19.1. The van der Waals surface area contributed by atoms with Gasteiger partial charge in [-0.1, -0.05) is 6.08 Å². The zero-order valence-corrected chi connectivity index (χ0v) is 22.0. The van der Waals surface area contributed by atoms with E-state index in [1.165, 1.54) is 17.7 Å². The van der Waals surface area contributed by atoms with Crippen molar-refractivity contribution in [2.45, 2.75) is 51.7 Å². The first-order valence-corrected chi connectivity index (χ1v) is 12.9. The topological polar surface area (TPSA) is 70.7 Å². The van der Waals surface area contributed by atoms with Crippen molar-refractivity contribution in [2.75, 3.05) is 33.3 Å². The number of methoxy groups -OCH3 is 1. The average Bonchev–Trinajstić information content (AvgIpc) is 3.32. The molecule has 3 aromatic rings. The number of amides is 1. The van der Waals surface area contributed by atoms with Crippen LogP contribution < -0.4 is 4.74 Å². The monoisotopic (exact) mass is 506 g/mol. The summed E-state index contributed by atoms with van der Waals surface area (Å²) in [5.74, 6) is 0.326. The Kier molecular flexibility index (Phi) is 6.94.